The Kier molecular flexibility index (Phi) is 3.62. The second-order valence-electron chi connectivity index (χ2n) is 4.46. The van der Waals surface area contributed by atoms with Crippen molar-refractivity contribution in [1.82, 2.24) is 10.2 Å². The van der Waals surface area contributed by atoms with Gasteiger partial charge in [-0.05, 0) is 19.1 Å². The van der Waals surface area contributed by atoms with Crippen molar-refractivity contribution in [1.29, 1.82) is 0 Å². The SMILES string of the molecule is C[C@@]1(c2ccc(Cl)cc2Cl)NC(=O)N(CC(=O)O)C1=O. The summed E-state index contributed by atoms with van der Waals surface area (Å²) in [5.74, 6) is -1.95. The third-order valence-corrected chi connectivity index (χ3v) is 3.59. The molecule has 0 aromatic heterocycles. The lowest BCUT2D eigenvalue weighted by Gasteiger charge is -2.23. The Morgan fingerprint density at radius 2 is 2.05 bits per heavy atom. The number of carbonyl (C=O) groups excluding carboxylic acids is 2. The van der Waals surface area contributed by atoms with Crippen molar-refractivity contribution in [3.05, 3.63) is 33.8 Å². The van der Waals surface area contributed by atoms with Gasteiger partial charge in [0.05, 0.1) is 0 Å². The van der Waals surface area contributed by atoms with E-state index in [1.807, 2.05) is 0 Å². The topological polar surface area (TPSA) is 86.7 Å². The van der Waals surface area contributed by atoms with Gasteiger partial charge in [-0.2, -0.15) is 0 Å². The Morgan fingerprint density at radius 1 is 1.40 bits per heavy atom. The molecule has 1 aliphatic heterocycles. The Labute approximate surface area is 124 Å². The van der Waals surface area contributed by atoms with Crippen molar-refractivity contribution in [3.8, 4) is 0 Å². The Hall–Kier alpha value is -1.79. The van der Waals surface area contributed by atoms with Crippen molar-refractivity contribution in [3.63, 3.8) is 0 Å². The van der Waals surface area contributed by atoms with Crippen LogP contribution in [-0.2, 0) is 15.1 Å². The highest BCUT2D eigenvalue weighted by Crippen LogP contribution is 2.34. The smallest absolute Gasteiger partial charge is 0.325 e. The van der Waals surface area contributed by atoms with Crippen LogP contribution >= 0.6 is 23.2 Å². The van der Waals surface area contributed by atoms with E-state index in [1.54, 1.807) is 0 Å². The Morgan fingerprint density at radius 3 is 2.60 bits per heavy atom. The molecule has 0 unspecified atom stereocenters. The fourth-order valence-electron chi connectivity index (χ4n) is 2.05. The first-order valence-corrected chi connectivity index (χ1v) is 6.32. The Bertz CT molecular complexity index is 619. The lowest BCUT2D eigenvalue weighted by Crippen LogP contribution is -2.41. The molecule has 1 fully saturated rings. The maximum Gasteiger partial charge on any atom is 0.325 e. The summed E-state index contributed by atoms with van der Waals surface area (Å²) in [4.78, 5) is 35.4. The van der Waals surface area contributed by atoms with Crippen LogP contribution in [0.3, 0.4) is 0 Å². The number of carbonyl (C=O) groups is 3. The first-order valence-electron chi connectivity index (χ1n) is 5.57. The average molecular weight is 317 g/mol. The summed E-state index contributed by atoms with van der Waals surface area (Å²) in [6, 6.07) is 3.73. The number of hydrogen-bond acceptors (Lipinski definition) is 3. The van der Waals surface area contributed by atoms with Crippen molar-refractivity contribution < 1.29 is 19.5 Å². The van der Waals surface area contributed by atoms with Gasteiger partial charge in [-0.25, -0.2) is 4.79 Å². The maximum atomic E-state index is 12.3. The molecule has 1 atom stereocenters. The van der Waals surface area contributed by atoms with Crippen LogP contribution in [0.2, 0.25) is 10.0 Å². The van der Waals surface area contributed by atoms with Crippen LogP contribution < -0.4 is 5.32 Å². The fraction of sp³-hybridized carbons (Fsp3) is 0.250. The van der Waals surface area contributed by atoms with Crippen LogP contribution in [0.4, 0.5) is 4.79 Å². The van der Waals surface area contributed by atoms with E-state index in [-0.39, 0.29) is 5.02 Å². The molecule has 3 amide bonds. The summed E-state index contributed by atoms with van der Waals surface area (Å²) < 4.78 is 0. The minimum atomic E-state index is -1.41. The molecule has 0 saturated carbocycles. The molecule has 0 spiro atoms. The van der Waals surface area contributed by atoms with Gasteiger partial charge in [0, 0.05) is 15.6 Å². The zero-order valence-corrected chi connectivity index (χ0v) is 11.8. The van der Waals surface area contributed by atoms with Crippen molar-refractivity contribution in [2.45, 2.75) is 12.5 Å². The van der Waals surface area contributed by atoms with Gasteiger partial charge >= 0.3 is 12.0 Å². The molecule has 106 valence electrons. The molecule has 1 heterocycles. The molecule has 1 aromatic rings. The van der Waals surface area contributed by atoms with Crippen molar-refractivity contribution in [2.75, 3.05) is 6.54 Å². The number of hydrogen-bond donors (Lipinski definition) is 2. The number of benzene rings is 1. The molecule has 0 bridgehead atoms. The molecule has 2 N–H and O–H groups in total. The second-order valence-corrected chi connectivity index (χ2v) is 5.31. The van der Waals surface area contributed by atoms with Gasteiger partial charge in [0.15, 0.2) is 0 Å². The summed E-state index contributed by atoms with van der Waals surface area (Å²) in [5, 5.41) is 11.8. The maximum absolute atomic E-state index is 12.3. The number of nitrogens with zero attached hydrogens (tertiary/aromatic N) is 1. The van der Waals surface area contributed by atoms with E-state index in [0.717, 1.165) is 0 Å². The number of carboxylic acid groups (broad SMARTS) is 1. The highest BCUT2D eigenvalue weighted by molar-refractivity contribution is 6.35. The molecule has 0 aliphatic carbocycles. The Balaban J connectivity index is 2.43. The first-order chi connectivity index (χ1) is 9.25. The number of imide groups is 1. The summed E-state index contributed by atoms with van der Waals surface area (Å²) in [7, 11) is 0. The first kappa shape index (κ1) is 14.6. The summed E-state index contributed by atoms with van der Waals surface area (Å²) in [6.45, 7) is 0.760. The van der Waals surface area contributed by atoms with Gasteiger partial charge in [0.25, 0.3) is 5.91 Å². The number of urea groups is 1. The van der Waals surface area contributed by atoms with Crippen LogP contribution in [-0.4, -0.2) is 34.5 Å². The van der Waals surface area contributed by atoms with E-state index in [1.165, 1.54) is 25.1 Å². The molecule has 1 aliphatic rings. The van der Waals surface area contributed by atoms with E-state index >= 15 is 0 Å². The van der Waals surface area contributed by atoms with Gasteiger partial charge in [0.2, 0.25) is 0 Å². The molecule has 1 aromatic carbocycles. The standard InChI is InChI=1S/C12H10Cl2N2O4/c1-12(7-3-2-6(13)4-8(7)14)10(19)16(5-9(17)18)11(20)15-12/h2-4H,5H2,1H3,(H,15,20)(H,17,18)/t12-/m0/s1. The van der Waals surface area contributed by atoms with E-state index < -0.39 is 30.0 Å². The van der Waals surface area contributed by atoms with Crippen LogP contribution in [0.5, 0.6) is 0 Å². The third kappa shape index (κ3) is 2.32. The second kappa shape index (κ2) is 4.96. The van der Waals surface area contributed by atoms with Gasteiger partial charge < -0.3 is 10.4 Å². The van der Waals surface area contributed by atoms with E-state index in [9.17, 15) is 14.4 Å². The minimum absolute atomic E-state index is 0.214. The number of carboxylic acids is 1. The quantitative estimate of drug-likeness (QED) is 0.833. The lowest BCUT2D eigenvalue weighted by molar-refractivity contribution is -0.142. The van der Waals surface area contributed by atoms with Crippen LogP contribution in [0, 0.1) is 0 Å². The highest BCUT2D eigenvalue weighted by atomic mass is 35.5. The molecule has 1 saturated heterocycles. The number of aliphatic carboxylic acids is 1. The fourth-order valence-corrected chi connectivity index (χ4v) is 2.65. The molecule has 20 heavy (non-hydrogen) atoms. The summed E-state index contributed by atoms with van der Waals surface area (Å²) in [5.41, 5.74) is -1.05. The predicted octanol–water partition coefficient (Wildman–Crippen LogP) is 1.84. The molecular weight excluding hydrogens is 307 g/mol. The number of nitrogens with one attached hydrogen (secondary N) is 1. The number of halogens is 2. The van der Waals surface area contributed by atoms with Crippen molar-refractivity contribution >= 4 is 41.1 Å². The van der Waals surface area contributed by atoms with Crippen LogP contribution in [0.1, 0.15) is 12.5 Å². The van der Waals surface area contributed by atoms with Crippen LogP contribution in [0.15, 0.2) is 18.2 Å². The summed E-state index contributed by atoms with van der Waals surface area (Å²) >= 11 is 11.8. The zero-order valence-electron chi connectivity index (χ0n) is 10.3. The average Bonchev–Trinajstić information content (AvgIpc) is 2.53. The van der Waals surface area contributed by atoms with Gasteiger partial charge in [-0.1, -0.05) is 29.3 Å². The van der Waals surface area contributed by atoms with Gasteiger partial charge in [0.1, 0.15) is 12.1 Å². The zero-order chi connectivity index (χ0) is 15.1. The predicted molar refractivity (Wildman–Crippen MR) is 71.7 cm³/mol. The van der Waals surface area contributed by atoms with E-state index in [4.69, 9.17) is 28.3 Å². The van der Waals surface area contributed by atoms with E-state index in [0.29, 0.717) is 15.5 Å². The molecular formula is C12H10Cl2N2O4. The van der Waals surface area contributed by atoms with Gasteiger partial charge in [-0.15, -0.1) is 0 Å². The largest absolute Gasteiger partial charge is 0.480 e. The molecule has 0 radical (unpaired) electrons. The highest BCUT2D eigenvalue weighted by Gasteiger charge is 2.50. The normalized spacial score (nSPS) is 22.1. The number of rotatable bonds is 3. The third-order valence-electron chi connectivity index (χ3n) is 3.04. The monoisotopic (exact) mass is 316 g/mol. The molecule has 2 rings (SSSR count). The van der Waals surface area contributed by atoms with Crippen LogP contribution in [0.25, 0.3) is 0 Å². The minimum Gasteiger partial charge on any atom is -0.480 e. The summed E-state index contributed by atoms with van der Waals surface area (Å²) in [6.07, 6.45) is 0. The lowest BCUT2D eigenvalue weighted by atomic mass is 9.92. The molecule has 8 heteroatoms. The van der Waals surface area contributed by atoms with Crippen molar-refractivity contribution in [2.24, 2.45) is 0 Å². The van der Waals surface area contributed by atoms with Gasteiger partial charge in [-0.3, -0.25) is 14.5 Å². The molecule has 6 nitrogen and oxygen atoms in total. The number of amides is 3. The van der Waals surface area contributed by atoms with E-state index in [2.05, 4.69) is 5.32 Å².